The molecule has 0 aliphatic rings. The zero-order chi connectivity index (χ0) is 15.2. The first-order chi connectivity index (χ1) is 10.8. The summed E-state index contributed by atoms with van der Waals surface area (Å²) in [7, 11) is -0.780. The van der Waals surface area contributed by atoms with E-state index in [1.165, 1.54) is 16.2 Å². The van der Waals surface area contributed by atoms with Crippen molar-refractivity contribution in [3.8, 4) is 0 Å². The SMILES string of the molecule is OC(Cc1ccccc1)P(c1ccccc1)c1ccccc1. The van der Waals surface area contributed by atoms with Crippen LogP contribution in [-0.2, 0) is 6.42 Å². The molecule has 0 saturated carbocycles. The van der Waals surface area contributed by atoms with Gasteiger partial charge in [-0.3, -0.25) is 0 Å². The normalized spacial score (nSPS) is 12.3. The van der Waals surface area contributed by atoms with E-state index in [-0.39, 0.29) is 5.85 Å². The summed E-state index contributed by atoms with van der Waals surface area (Å²) in [4.78, 5) is 0. The van der Waals surface area contributed by atoms with Crippen LogP contribution in [-0.4, -0.2) is 11.0 Å². The van der Waals surface area contributed by atoms with Crippen molar-refractivity contribution >= 4 is 18.5 Å². The quantitative estimate of drug-likeness (QED) is 0.713. The highest BCUT2D eigenvalue weighted by atomic mass is 31.1. The monoisotopic (exact) mass is 306 g/mol. The van der Waals surface area contributed by atoms with Gasteiger partial charge in [-0.15, -0.1) is 0 Å². The van der Waals surface area contributed by atoms with Crippen molar-refractivity contribution in [1.29, 1.82) is 0 Å². The number of rotatable bonds is 5. The fraction of sp³-hybridized carbons (Fsp3) is 0.100. The minimum atomic E-state index is -0.780. The Morgan fingerprint density at radius 3 is 1.50 bits per heavy atom. The maximum Gasteiger partial charge on any atom is 0.0853 e. The lowest BCUT2D eigenvalue weighted by Gasteiger charge is -2.24. The van der Waals surface area contributed by atoms with Crippen LogP contribution in [0.4, 0.5) is 0 Å². The fourth-order valence-corrected chi connectivity index (χ4v) is 4.95. The molecule has 0 radical (unpaired) electrons. The molecule has 1 unspecified atom stereocenters. The third kappa shape index (κ3) is 3.62. The Morgan fingerprint density at radius 2 is 1.05 bits per heavy atom. The minimum absolute atomic E-state index is 0.387. The Labute approximate surface area is 133 Å². The van der Waals surface area contributed by atoms with Gasteiger partial charge in [-0.1, -0.05) is 91.0 Å². The predicted octanol–water partition coefficient (Wildman–Crippen LogP) is 3.68. The Hall–Kier alpha value is -1.95. The van der Waals surface area contributed by atoms with Gasteiger partial charge >= 0.3 is 0 Å². The molecule has 0 spiro atoms. The molecule has 22 heavy (non-hydrogen) atoms. The van der Waals surface area contributed by atoms with Gasteiger partial charge in [0.2, 0.25) is 0 Å². The number of aliphatic hydroxyl groups excluding tert-OH is 1. The molecule has 0 bridgehead atoms. The summed E-state index contributed by atoms with van der Waals surface area (Å²) in [6.45, 7) is 0. The number of benzene rings is 3. The van der Waals surface area contributed by atoms with Crippen LogP contribution in [0, 0.1) is 0 Å². The molecular formula is C20H19OP. The Morgan fingerprint density at radius 1 is 0.636 bits per heavy atom. The summed E-state index contributed by atoms with van der Waals surface area (Å²) in [5, 5.41) is 13.3. The molecule has 0 amide bonds. The second-order valence-electron chi connectivity index (χ2n) is 5.21. The molecule has 0 aromatic heterocycles. The van der Waals surface area contributed by atoms with E-state index in [0.717, 1.165) is 0 Å². The van der Waals surface area contributed by atoms with Crippen molar-refractivity contribution in [3.63, 3.8) is 0 Å². The van der Waals surface area contributed by atoms with Crippen molar-refractivity contribution in [2.75, 3.05) is 0 Å². The molecule has 2 heteroatoms. The second kappa shape index (κ2) is 7.35. The van der Waals surface area contributed by atoms with Crippen molar-refractivity contribution in [2.24, 2.45) is 0 Å². The van der Waals surface area contributed by atoms with Crippen molar-refractivity contribution in [2.45, 2.75) is 12.3 Å². The smallest absolute Gasteiger partial charge is 0.0853 e. The average Bonchev–Trinajstić information content (AvgIpc) is 2.58. The first-order valence-corrected chi connectivity index (χ1v) is 8.87. The van der Waals surface area contributed by atoms with Crippen LogP contribution in [0.25, 0.3) is 0 Å². The van der Waals surface area contributed by atoms with E-state index < -0.39 is 7.92 Å². The van der Waals surface area contributed by atoms with E-state index in [1.54, 1.807) is 0 Å². The topological polar surface area (TPSA) is 20.2 Å². The van der Waals surface area contributed by atoms with Crippen LogP contribution in [0.1, 0.15) is 5.56 Å². The maximum absolute atomic E-state index is 10.9. The zero-order valence-corrected chi connectivity index (χ0v) is 13.2. The molecule has 110 valence electrons. The molecule has 1 nitrogen and oxygen atoms in total. The van der Waals surface area contributed by atoms with Gasteiger partial charge in [0.1, 0.15) is 0 Å². The Balaban J connectivity index is 1.92. The minimum Gasteiger partial charge on any atom is -0.388 e. The molecular weight excluding hydrogens is 287 g/mol. The van der Waals surface area contributed by atoms with E-state index in [0.29, 0.717) is 6.42 Å². The fourth-order valence-electron chi connectivity index (χ4n) is 2.59. The van der Waals surface area contributed by atoms with Gasteiger partial charge in [-0.2, -0.15) is 0 Å². The van der Waals surface area contributed by atoms with E-state index in [9.17, 15) is 5.11 Å². The molecule has 0 saturated heterocycles. The molecule has 3 aromatic carbocycles. The molecule has 1 atom stereocenters. The van der Waals surface area contributed by atoms with E-state index in [2.05, 4.69) is 36.4 Å². The summed E-state index contributed by atoms with van der Waals surface area (Å²) in [6, 6.07) is 30.9. The lowest BCUT2D eigenvalue weighted by molar-refractivity contribution is 0.260. The highest BCUT2D eigenvalue weighted by Gasteiger charge is 2.22. The van der Waals surface area contributed by atoms with Crippen molar-refractivity contribution in [3.05, 3.63) is 96.6 Å². The third-order valence-corrected chi connectivity index (χ3v) is 6.12. The van der Waals surface area contributed by atoms with Gasteiger partial charge in [0.05, 0.1) is 5.85 Å². The van der Waals surface area contributed by atoms with Crippen LogP contribution in [0.5, 0.6) is 0 Å². The van der Waals surface area contributed by atoms with Crippen LogP contribution in [0.3, 0.4) is 0 Å². The summed E-state index contributed by atoms with van der Waals surface area (Å²) in [6.07, 6.45) is 0.677. The van der Waals surface area contributed by atoms with Crippen LogP contribution in [0.15, 0.2) is 91.0 Å². The van der Waals surface area contributed by atoms with E-state index in [1.807, 2.05) is 54.6 Å². The van der Waals surface area contributed by atoms with Gasteiger partial charge in [-0.05, 0) is 24.1 Å². The molecule has 1 N–H and O–H groups in total. The van der Waals surface area contributed by atoms with Crippen LogP contribution >= 0.6 is 7.92 Å². The Kier molecular flexibility index (Phi) is 5.00. The lowest BCUT2D eigenvalue weighted by atomic mass is 10.2. The summed E-state index contributed by atoms with van der Waals surface area (Å²) >= 11 is 0. The molecule has 0 fully saturated rings. The zero-order valence-electron chi connectivity index (χ0n) is 12.3. The van der Waals surface area contributed by atoms with Crippen LogP contribution in [0.2, 0.25) is 0 Å². The molecule has 0 heterocycles. The number of aliphatic hydroxyl groups is 1. The number of hydrogen-bond acceptors (Lipinski definition) is 1. The number of hydrogen-bond donors (Lipinski definition) is 1. The van der Waals surface area contributed by atoms with Gasteiger partial charge in [-0.25, -0.2) is 0 Å². The standard InChI is InChI=1S/C20H19OP/c21-20(16-17-10-4-1-5-11-17)22(18-12-6-2-7-13-18)19-14-8-3-9-15-19/h1-15,20-21H,16H2. The third-order valence-electron chi connectivity index (χ3n) is 3.63. The molecule has 0 aliphatic heterocycles. The highest BCUT2D eigenvalue weighted by Crippen LogP contribution is 2.39. The first-order valence-electron chi connectivity index (χ1n) is 7.46. The van der Waals surface area contributed by atoms with E-state index in [4.69, 9.17) is 0 Å². The van der Waals surface area contributed by atoms with Gasteiger partial charge < -0.3 is 5.11 Å². The second-order valence-corrected chi connectivity index (χ2v) is 7.58. The molecule has 3 rings (SSSR count). The average molecular weight is 306 g/mol. The predicted molar refractivity (Wildman–Crippen MR) is 95.2 cm³/mol. The first kappa shape index (κ1) is 15.0. The lowest BCUT2D eigenvalue weighted by Crippen LogP contribution is -2.23. The summed E-state index contributed by atoms with van der Waals surface area (Å²) in [5.41, 5.74) is 1.18. The Bertz CT molecular complexity index is 643. The summed E-state index contributed by atoms with van der Waals surface area (Å²) < 4.78 is 0. The molecule has 0 aliphatic carbocycles. The van der Waals surface area contributed by atoms with Gasteiger partial charge in [0, 0.05) is 6.42 Å². The van der Waals surface area contributed by atoms with E-state index >= 15 is 0 Å². The van der Waals surface area contributed by atoms with Gasteiger partial charge in [0.25, 0.3) is 0 Å². The van der Waals surface area contributed by atoms with Gasteiger partial charge in [0.15, 0.2) is 0 Å². The van der Waals surface area contributed by atoms with Crippen molar-refractivity contribution in [1.82, 2.24) is 0 Å². The summed E-state index contributed by atoms with van der Waals surface area (Å²) in [5.74, 6) is -0.387. The van der Waals surface area contributed by atoms with Crippen LogP contribution < -0.4 is 10.6 Å². The maximum atomic E-state index is 10.9. The van der Waals surface area contributed by atoms with Crippen molar-refractivity contribution < 1.29 is 5.11 Å². The highest BCUT2D eigenvalue weighted by molar-refractivity contribution is 7.73. The largest absolute Gasteiger partial charge is 0.388 e. The molecule has 3 aromatic rings.